The predicted molar refractivity (Wildman–Crippen MR) is 176 cm³/mol. The Labute approximate surface area is 255 Å². The second-order valence-electron chi connectivity index (χ2n) is 13.3. The zero-order valence-electron chi connectivity index (χ0n) is 24.8. The van der Waals surface area contributed by atoms with Crippen LogP contribution in [0.2, 0.25) is 0 Å². The van der Waals surface area contributed by atoms with Gasteiger partial charge in [0.2, 0.25) is 0 Å². The lowest BCUT2D eigenvalue weighted by Crippen LogP contribution is -2.73. The Kier molecular flexibility index (Phi) is 6.30. The Balaban J connectivity index is 1.04. The largest absolute Gasteiger partial charge is 0.456 e. The maximum atomic E-state index is 6.32. The molecule has 6 unspecified atom stereocenters. The number of benzene rings is 1. The van der Waals surface area contributed by atoms with Gasteiger partial charge in [-0.1, -0.05) is 96.7 Å². The fourth-order valence-corrected chi connectivity index (χ4v) is 8.70. The number of allylic oxidation sites excluding steroid dienone is 11. The highest BCUT2D eigenvalue weighted by molar-refractivity contribution is 5.87. The lowest BCUT2D eigenvalue weighted by Gasteiger charge is -2.55. The second kappa shape index (κ2) is 10.5. The van der Waals surface area contributed by atoms with E-state index in [0.717, 1.165) is 37.0 Å². The van der Waals surface area contributed by atoms with E-state index in [-0.39, 0.29) is 12.3 Å². The van der Waals surface area contributed by atoms with Crippen molar-refractivity contribution in [1.82, 2.24) is 10.2 Å². The molecule has 1 aliphatic heterocycles. The van der Waals surface area contributed by atoms with Gasteiger partial charge in [-0.15, -0.1) is 0 Å². The van der Waals surface area contributed by atoms with Crippen LogP contribution in [-0.2, 0) is 0 Å². The molecular formula is C40H40N2O. The number of para-hydroxylation sites is 1. The molecule has 1 aromatic heterocycles. The number of fused-ring (bicyclic) bond motifs is 6. The zero-order valence-corrected chi connectivity index (χ0v) is 24.8. The Bertz CT molecular complexity index is 1750. The summed E-state index contributed by atoms with van der Waals surface area (Å²) in [6.07, 6.45) is 41.5. The molecule has 3 nitrogen and oxygen atoms in total. The van der Waals surface area contributed by atoms with E-state index in [1.165, 1.54) is 58.9 Å². The zero-order chi connectivity index (χ0) is 28.3. The summed E-state index contributed by atoms with van der Waals surface area (Å²) in [7, 11) is 0. The average molecular weight is 565 g/mol. The van der Waals surface area contributed by atoms with Crippen LogP contribution in [0.4, 0.5) is 0 Å². The van der Waals surface area contributed by atoms with E-state index in [0.29, 0.717) is 23.8 Å². The van der Waals surface area contributed by atoms with Crippen molar-refractivity contribution in [3.8, 4) is 0 Å². The second-order valence-corrected chi connectivity index (χ2v) is 13.3. The fraction of sp³-hybridized carbons (Fsp3) is 0.350. The highest BCUT2D eigenvalue weighted by atomic mass is 16.3. The molecule has 216 valence electrons. The van der Waals surface area contributed by atoms with Crippen molar-refractivity contribution in [3.05, 3.63) is 136 Å². The number of nitrogens with zero attached hydrogens (tertiary/aromatic N) is 1. The molecule has 3 heteroatoms. The van der Waals surface area contributed by atoms with Gasteiger partial charge >= 0.3 is 0 Å². The van der Waals surface area contributed by atoms with Crippen LogP contribution in [0.25, 0.3) is 17.0 Å². The summed E-state index contributed by atoms with van der Waals surface area (Å²) in [6.45, 7) is 0. The van der Waals surface area contributed by atoms with Crippen molar-refractivity contribution < 1.29 is 4.42 Å². The van der Waals surface area contributed by atoms with Crippen molar-refractivity contribution in [2.75, 3.05) is 0 Å². The molecule has 1 aromatic carbocycles. The van der Waals surface area contributed by atoms with Crippen LogP contribution in [0.15, 0.2) is 129 Å². The van der Waals surface area contributed by atoms with Crippen molar-refractivity contribution in [2.24, 2.45) is 11.8 Å². The van der Waals surface area contributed by atoms with Crippen molar-refractivity contribution in [1.29, 1.82) is 0 Å². The van der Waals surface area contributed by atoms with Crippen LogP contribution >= 0.6 is 0 Å². The molecule has 1 fully saturated rings. The van der Waals surface area contributed by atoms with Gasteiger partial charge in [0.05, 0.1) is 12.3 Å². The van der Waals surface area contributed by atoms with Gasteiger partial charge in [-0.3, -0.25) is 10.2 Å². The average Bonchev–Trinajstić information content (AvgIpc) is 3.44. The third-order valence-corrected chi connectivity index (χ3v) is 10.8. The summed E-state index contributed by atoms with van der Waals surface area (Å²) in [4.78, 5) is 2.77. The molecule has 0 saturated carbocycles. The van der Waals surface area contributed by atoms with E-state index in [1.54, 1.807) is 5.57 Å². The third-order valence-electron chi connectivity index (χ3n) is 10.8. The first-order valence-corrected chi connectivity index (χ1v) is 16.6. The van der Waals surface area contributed by atoms with Gasteiger partial charge in [-0.25, -0.2) is 0 Å². The Morgan fingerprint density at radius 2 is 1.72 bits per heavy atom. The topological polar surface area (TPSA) is 28.4 Å². The minimum Gasteiger partial charge on any atom is -0.456 e. The summed E-state index contributed by atoms with van der Waals surface area (Å²) in [5, 5.41) is 5.28. The molecular weight excluding hydrogens is 524 g/mol. The van der Waals surface area contributed by atoms with Crippen LogP contribution in [0.1, 0.15) is 68.6 Å². The molecule has 6 atom stereocenters. The highest BCUT2D eigenvalue weighted by Crippen LogP contribution is 2.50. The molecule has 1 saturated heterocycles. The monoisotopic (exact) mass is 564 g/mol. The van der Waals surface area contributed by atoms with Gasteiger partial charge in [0.25, 0.3) is 0 Å². The van der Waals surface area contributed by atoms with E-state index in [9.17, 15) is 0 Å². The fourth-order valence-electron chi connectivity index (χ4n) is 8.70. The number of hydrogen-bond donors (Lipinski definition) is 1. The number of rotatable bonds is 4. The first-order valence-electron chi connectivity index (χ1n) is 16.6. The van der Waals surface area contributed by atoms with E-state index in [1.807, 2.05) is 0 Å². The van der Waals surface area contributed by atoms with Gasteiger partial charge < -0.3 is 4.42 Å². The summed E-state index contributed by atoms with van der Waals surface area (Å²) >= 11 is 0. The maximum Gasteiger partial charge on any atom is 0.135 e. The van der Waals surface area contributed by atoms with Crippen molar-refractivity contribution in [3.63, 3.8) is 0 Å². The van der Waals surface area contributed by atoms with Crippen LogP contribution in [0, 0.1) is 11.8 Å². The Morgan fingerprint density at radius 3 is 2.63 bits per heavy atom. The van der Waals surface area contributed by atoms with Gasteiger partial charge in [0, 0.05) is 28.8 Å². The summed E-state index contributed by atoms with van der Waals surface area (Å²) < 4.78 is 6.32. The minimum absolute atomic E-state index is 0.253. The van der Waals surface area contributed by atoms with Crippen LogP contribution < -0.4 is 5.32 Å². The number of hydrogen-bond acceptors (Lipinski definition) is 3. The van der Waals surface area contributed by atoms with Crippen LogP contribution in [0.3, 0.4) is 0 Å². The molecule has 0 amide bonds. The summed E-state index contributed by atoms with van der Waals surface area (Å²) in [6, 6.07) is 8.90. The van der Waals surface area contributed by atoms with Gasteiger partial charge in [-0.2, -0.15) is 0 Å². The molecule has 2 aromatic rings. The molecule has 1 N–H and O–H groups in total. The molecule has 43 heavy (non-hydrogen) atoms. The van der Waals surface area contributed by atoms with Crippen LogP contribution in [0.5, 0.6) is 0 Å². The van der Waals surface area contributed by atoms with Crippen LogP contribution in [-0.4, -0.2) is 23.3 Å². The van der Waals surface area contributed by atoms with Gasteiger partial charge in [0.15, 0.2) is 0 Å². The Hall–Kier alpha value is -3.66. The molecule has 6 aliphatic carbocycles. The minimum atomic E-state index is 0.253. The highest BCUT2D eigenvalue weighted by Gasteiger charge is 2.46. The van der Waals surface area contributed by atoms with E-state index in [4.69, 9.17) is 4.42 Å². The first-order chi connectivity index (χ1) is 21.3. The third kappa shape index (κ3) is 4.31. The SMILES string of the molecule is C1=CC(C2NC(C3=CCCC(C4C=CCCC4)=C3)N2C2C=CC3=C(C=CC4C=Cc5oc6ccccc6c5C34)C2)=CCC1. The molecule has 2 heterocycles. The van der Waals surface area contributed by atoms with E-state index in [2.05, 4.69) is 113 Å². The quantitative estimate of drug-likeness (QED) is 0.375. The first kappa shape index (κ1) is 25.8. The standard InChI is InChI=1S/C40H40N2O/c1-3-10-26(11-4-1)29-14-9-15-31(24-29)40-41-39(28-12-5-2-6-13-28)42(40)32-21-22-33-30(25-32)19-18-27-20-23-36-38(37(27)33)34-16-7-8-17-35(34)43-36/h3,5,7-8,10,12-13,15-24,26-27,32,37,39-41H,1-2,4,6,9,11,14,25H2. The normalized spacial score (nSPS) is 33.0. The van der Waals surface area contributed by atoms with Gasteiger partial charge in [-0.05, 0) is 91.7 Å². The lowest BCUT2D eigenvalue weighted by molar-refractivity contribution is -0.00555. The van der Waals surface area contributed by atoms with E-state index >= 15 is 0 Å². The molecule has 0 spiro atoms. The maximum absolute atomic E-state index is 6.32. The molecule has 9 rings (SSSR count). The van der Waals surface area contributed by atoms with Crippen molar-refractivity contribution in [2.45, 2.75) is 75.7 Å². The summed E-state index contributed by atoms with van der Waals surface area (Å²) in [5.74, 6) is 2.35. The molecule has 0 radical (unpaired) electrons. The summed E-state index contributed by atoms with van der Waals surface area (Å²) in [5.41, 5.74) is 9.85. The Morgan fingerprint density at radius 1 is 0.814 bits per heavy atom. The number of nitrogens with one attached hydrogen (secondary N) is 1. The number of furan rings is 1. The smallest absolute Gasteiger partial charge is 0.135 e. The lowest BCUT2D eigenvalue weighted by atomic mass is 9.69. The van der Waals surface area contributed by atoms with E-state index < -0.39 is 0 Å². The molecule has 7 aliphatic rings. The predicted octanol–water partition coefficient (Wildman–Crippen LogP) is 9.19. The van der Waals surface area contributed by atoms with Crippen molar-refractivity contribution >= 4 is 17.0 Å². The molecule has 0 bridgehead atoms. The van der Waals surface area contributed by atoms with Gasteiger partial charge in [0.1, 0.15) is 11.3 Å².